The smallest absolute Gasteiger partial charge is 0.201 e. The van der Waals surface area contributed by atoms with E-state index in [0.29, 0.717) is 30.2 Å². The van der Waals surface area contributed by atoms with Crippen LogP contribution in [-0.2, 0) is 0 Å². The summed E-state index contributed by atoms with van der Waals surface area (Å²) in [6.45, 7) is 3.76. The molecule has 0 heterocycles. The molecule has 0 N–H and O–H groups in total. The molecule has 0 radical (unpaired) electrons. The molecule has 226 valence electrons. The molecule has 0 aliphatic heterocycles. The lowest BCUT2D eigenvalue weighted by Crippen LogP contribution is -2.25. The lowest BCUT2D eigenvalue weighted by Gasteiger charge is -2.38. The Morgan fingerprint density at radius 1 is 0.476 bits per heavy atom. The molecule has 0 spiro atoms. The topological polar surface area (TPSA) is 18.5 Å². The van der Waals surface area contributed by atoms with Crippen LogP contribution in [0.2, 0.25) is 0 Å². The van der Waals surface area contributed by atoms with E-state index in [9.17, 15) is 17.6 Å². The van der Waals surface area contributed by atoms with Crippen LogP contribution >= 0.6 is 0 Å². The van der Waals surface area contributed by atoms with Crippen molar-refractivity contribution >= 4 is 0 Å². The molecule has 0 saturated heterocycles. The molecule has 2 nitrogen and oxygen atoms in total. The molecule has 5 rings (SSSR count). The summed E-state index contributed by atoms with van der Waals surface area (Å²) >= 11 is 0. The second kappa shape index (κ2) is 13.0. The third-order valence-corrected chi connectivity index (χ3v) is 9.22. The minimum absolute atomic E-state index is 0.0352. The van der Waals surface area contributed by atoms with Gasteiger partial charge in [-0.1, -0.05) is 18.2 Å². The maximum Gasteiger partial charge on any atom is 0.201 e. The lowest BCUT2D eigenvalue weighted by atomic mass is 9.67. The minimum Gasteiger partial charge on any atom is -0.491 e. The number of hydrogen-bond donors (Lipinski definition) is 0. The van der Waals surface area contributed by atoms with Crippen LogP contribution in [0.1, 0.15) is 88.2 Å². The highest BCUT2D eigenvalue weighted by atomic mass is 19.2. The van der Waals surface area contributed by atoms with Gasteiger partial charge < -0.3 is 9.47 Å². The van der Waals surface area contributed by atoms with Gasteiger partial charge in [-0.25, -0.2) is 17.6 Å². The van der Waals surface area contributed by atoms with E-state index in [-0.39, 0.29) is 53.2 Å². The van der Waals surface area contributed by atoms with Crippen molar-refractivity contribution in [2.45, 2.75) is 77.0 Å². The van der Waals surface area contributed by atoms with Gasteiger partial charge in [-0.15, -0.1) is 0 Å². The Bertz CT molecular complexity index is 1410. The van der Waals surface area contributed by atoms with Crippen molar-refractivity contribution in [1.82, 2.24) is 0 Å². The lowest BCUT2D eigenvalue weighted by molar-refractivity contribution is 0.175. The predicted octanol–water partition coefficient (Wildman–Crippen LogP) is 10.2. The monoisotopic (exact) mass is 590 g/mol. The fourth-order valence-electron chi connectivity index (χ4n) is 7.03. The Morgan fingerprint density at radius 2 is 0.833 bits per heavy atom. The van der Waals surface area contributed by atoms with Crippen LogP contribution in [0.15, 0.2) is 36.4 Å². The molecule has 2 aliphatic carbocycles. The van der Waals surface area contributed by atoms with E-state index >= 15 is 8.78 Å². The van der Waals surface area contributed by atoms with Crippen LogP contribution in [0.25, 0.3) is 11.1 Å². The standard InChI is InChI=1S/C34H36F6O2/c1-3-41-27-17-15-24(30(36)33(27)39)22-11-7-20(8-12-22)19-5-9-21(10-6-19)23-13-14-25(31(37)29(23)35)26-16-18-28(42-4-2)34(40)32(26)38/h13-22H,3-12H2,1-2H3. The van der Waals surface area contributed by atoms with Crippen LogP contribution in [0.5, 0.6) is 11.5 Å². The Hall–Kier alpha value is -3.16. The SMILES string of the molecule is CCOc1ccc(-c2ccc(C3CCC(C4CCC(c5ccc(OCC)c(F)c5F)CC4)CC3)c(F)c2F)c(F)c1F. The fourth-order valence-corrected chi connectivity index (χ4v) is 7.03. The summed E-state index contributed by atoms with van der Waals surface area (Å²) in [7, 11) is 0. The third kappa shape index (κ3) is 5.86. The number of ether oxygens (including phenoxy) is 2. The van der Waals surface area contributed by atoms with Gasteiger partial charge in [0.25, 0.3) is 0 Å². The molecule has 8 heteroatoms. The summed E-state index contributed by atoms with van der Waals surface area (Å²) < 4.78 is 98.8. The average molecular weight is 591 g/mol. The molecule has 2 aliphatic rings. The number of rotatable bonds is 8. The van der Waals surface area contributed by atoms with Gasteiger partial charge in [-0.3, -0.25) is 0 Å². The predicted molar refractivity (Wildman–Crippen MR) is 150 cm³/mol. The molecule has 3 aromatic carbocycles. The van der Waals surface area contributed by atoms with Gasteiger partial charge in [0.05, 0.1) is 13.2 Å². The first-order valence-corrected chi connectivity index (χ1v) is 14.9. The van der Waals surface area contributed by atoms with Gasteiger partial charge >= 0.3 is 0 Å². The van der Waals surface area contributed by atoms with Gasteiger partial charge in [0, 0.05) is 11.1 Å². The average Bonchev–Trinajstić information content (AvgIpc) is 3.00. The van der Waals surface area contributed by atoms with Gasteiger partial charge in [-0.2, -0.15) is 8.78 Å². The fraction of sp³-hybridized carbons (Fsp3) is 0.471. The molecule has 0 atom stereocenters. The van der Waals surface area contributed by atoms with E-state index in [0.717, 1.165) is 38.5 Å². The number of hydrogen-bond acceptors (Lipinski definition) is 2. The highest BCUT2D eigenvalue weighted by Crippen LogP contribution is 2.47. The van der Waals surface area contributed by atoms with Crippen molar-refractivity contribution in [3.63, 3.8) is 0 Å². The maximum absolute atomic E-state index is 15.3. The van der Waals surface area contributed by atoms with E-state index < -0.39 is 34.9 Å². The maximum atomic E-state index is 15.3. The first-order valence-electron chi connectivity index (χ1n) is 14.9. The zero-order chi connectivity index (χ0) is 30.0. The Balaban J connectivity index is 1.20. The summed E-state index contributed by atoms with van der Waals surface area (Å²) in [5, 5.41) is 0. The first kappa shape index (κ1) is 30.3. The van der Waals surface area contributed by atoms with Crippen molar-refractivity contribution < 1.29 is 35.8 Å². The first-order chi connectivity index (χ1) is 20.2. The summed E-state index contributed by atoms with van der Waals surface area (Å²) in [6, 6.07) is 8.36. The molecule has 0 bridgehead atoms. The van der Waals surface area contributed by atoms with Gasteiger partial charge in [0.1, 0.15) is 0 Å². The molecule has 3 aromatic rings. The Morgan fingerprint density at radius 3 is 1.31 bits per heavy atom. The second-order valence-electron chi connectivity index (χ2n) is 11.4. The van der Waals surface area contributed by atoms with Crippen molar-refractivity contribution in [3.05, 3.63) is 82.4 Å². The van der Waals surface area contributed by atoms with Crippen LogP contribution in [0.4, 0.5) is 26.3 Å². The van der Waals surface area contributed by atoms with Crippen LogP contribution in [0.3, 0.4) is 0 Å². The van der Waals surface area contributed by atoms with Crippen LogP contribution in [-0.4, -0.2) is 13.2 Å². The molecule has 0 aromatic heterocycles. The number of benzene rings is 3. The number of halogens is 6. The quantitative estimate of drug-likeness (QED) is 0.243. The van der Waals surface area contributed by atoms with Crippen molar-refractivity contribution in [3.8, 4) is 22.6 Å². The minimum atomic E-state index is -1.28. The molecule has 0 amide bonds. The van der Waals surface area contributed by atoms with Crippen LogP contribution < -0.4 is 9.47 Å². The summed E-state index contributed by atoms with van der Waals surface area (Å²) in [5.74, 6) is -6.11. The summed E-state index contributed by atoms with van der Waals surface area (Å²) in [5.41, 5.74) is -0.0128. The molecular formula is C34H36F6O2. The van der Waals surface area contributed by atoms with Crippen molar-refractivity contribution in [1.29, 1.82) is 0 Å². The summed E-state index contributed by atoms with van der Waals surface area (Å²) in [6.07, 6.45) is 6.52. The largest absolute Gasteiger partial charge is 0.491 e. The van der Waals surface area contributed by atoms with Crippen LogP contribution in [0, 0.1) is 46.7 Å². The van der Waals surface area contributed by atoms with Gasteiger partial charge in [-0.05, 0) is 118 Å². The molecule has 42 heavy (non-hydrogen) atoms. The molecule has 2 fully saturated rings. The van der Waals surface area contributed by atoms with E-state index in [1.807, 2.05) is 0 Å². The molecule has 0 unspecified atom stereocenters. The van der Waals surface area contributed by atoms with Gasteiger partial charge in [0.15, 0.2) is 34.8 Å². The highest BCUT2D eigenvalue weighted by molar-refractivity contribution is 5.66. The molecule has 2 saturated carbocycles. The molecular weight excluding hydrogens is 554 g/mol. The third-order valence-electron chi connectivity index (χ3n) is 9.22. The Labute approximate surface area is 243 Å². The zero-order valence-electron chi connectivity index (χ0n) is 23.9. The normalized spacial score (nSPS) is 22.7. The Kier molecular flexibility index (Phi) is 9.38. The van der Waals surface area contributed by atoms with E-state index in [2.05, 4.69) is 0 Å². The van der Waals surface area contributed by atoms with E-state index in [4.69, 9.17) is 9.47 Å². The second-order valence-corrected chi connectivity index (χ2v) is 11.4. The van der Waals surface area contributed by atoms with Crippen molar-refractivity contribution in [2.24, 2.45) is 11.8 Å². The summed E-state index contributed by atoms with van der Waals surface area (Å²) in [4.78, 5) is 0. The van der Waals surface area contributed by atoms with Gasteiger partial charge in [0.2, 0.25) is 11.6 Å². The highest BCUT2D eigenvalue weighted by Gasteiger charge is 2.34. The van der Waals surface area contributed by atoms with E-state index in [1.54, 1.807) is 19.9 Å². The van der Waals surface area contributed by atoms with Crippen molar-refractivity contribution in [2.75, 3.05) is 13.2 Å². The van der Waals surface area contributed by atoms with E-state index in [1.165, 1.54) is 30.3 Å². The zero-order valence-corrected chi connectivity index (χ0v) is 23.9.